The van der Waals surface area contributed by atoms with Crippen LogP contribution in [0.5, 0.6) is 0 Å². The molecule has 0 saturated heterocycles. The van der Waals surface area contributed by atoms with Crippen LogP contribution >= 0.6 is 0 Å². The molecule has 0 aliphatic carbocycles. The summed E-state index contributed by atoms with van der Waals surface area (Å²) < 4.78 is 16.9. The van der Waals surface area contributed by atoms with Crippen molar-refractivity contribution >= 4 is 18.0 Å². The molecule has 7 nitrogen and oxygen atoms in total. The zero-order valence-corrected chi connectivity index (χ0v) is 29.2. The van der Waals surface area contributed by atoms with E-state index in [4.69, 9.17) is 14.2 Å². The van der Waals surface area contributed by atoms with Gasteiger partial charge in [-0.25, -0.2) is 9.59 Å². The fourth-order valence-corrected chi connectivity index (χ4v) is 5.89. The van der Waals surface area contributed by atoms with Gasteiger partial charge in [0.15, 0.2) is 0 Å². The fourth-order valence-electron chi connectivity index (χ4n) is 5.89. The largest absolute Gasteiger partial charge is 0.465 e. The Labute approximate surface area is 252 Å². The number of ether oxygens (including phenoxy) is 3. The lowest BCUT2D eigenvalue weighted by molar-refractivity contribution is -0.161. The number of rotatable bonds is 18. The van der Waals surface area contributed by atoms with Gasteiger partial charge < -0.3 is 19.5 Å². The molecule has 0 aromatic heterocycles. The van der Waals surface area contributed by atoms with Crippen LogP contribution in [0.15, 0.2) is 0 Å². The molecular weight excluding hydrogens is 518 g/mol. The van der Waals surface area contributed by atoms with E-state index in [0.29, 0.717) is 0 Å². The first-order valence-electron chi connectivity index (χ1n) is 15.8. The normalized spacial score (nSPS) is 14.7. The number of carbonyl (C=O) groups excluding carboxylic acids is 3. The molecule has 0 aliphatic rings. The maximum absolute atomic E-state index is 13.4. The summed E-state index contributed by atoms with van der Waals surface area (Å²) in [5, 5.41) is 2.59. The van der Waals surface area contributed by atoms with Crippen molar-refractivity contribution in [2.75, 3.05) is 13.2 Å². The summed E-state index contributed by atoms with van der Waals surface area (Å²) in [5.41, 5.74) is -1.05. The van der Waals surface area contributed by atoms with E-state index in [2.05, 4.69) is 74.6 Å². The average molecular weight is 584 g/mol. The molecule has 7 heteroatoms. The van der Waals surface area contributed by atoms with Gasteiger partial charge in [-0.05, 0) is 75.0 Å². The highest BCUT2D eigenvalue weighted by atomic mass is 16.6. The number of alkyl carbamates (subject to hydrolysis) is 1. The molecule has 1 amide bonds. The number of nitrogens with one attached hydrogen (secondary N) is 1. The summed E-state index contributed by atoms with van der Waals surface area (Å²) in [6.45, 7) is 28.9. The maximum atomic E-state index is 13.4. The van der Waals surface area contributed by atoms with Crippen LogP contribution in [0, 0.1) is 27.6 Å². The lowest BCUT2D eigenvalue weighted by Gasteiger charge is -2.36. The molecule has 0 aliphatic heterocycles. The van der Waals surface area contributed by atoms with Crippen molar-refractivity contribution in [1.82, 2.24) is 5.32 Å². The van der Waals surface area contributed by atoms with Gasteiger partial charge in [0.1, 0.15) is 11.6 Å². The number of carbonyl (C=O) groups is 3. The zero-order chi connectivity index (χ0) is 32.3. The molecule has 0 radical (unpaired) electrons. The SMILES string of the molecule is CCCCC(C)(C)CC(C)(C)COC(=O)C(C)C(NC(=O)OC(C)(C)C)C(=O)OCC(C)(C)CC(C)(C)CCCC. The molecule has 0 rings (SSSR count). The number of amides is 1. The standard InChI is InChI=1S/C34H65NO6/c1-15-17-19-31(7,8)21-33(11,12)23-39-27(36)25(3)26(35-29(38)41-30(4,5)6)28(37)40-24-34(13,14)22-32(9,10)20-18-16-2/h25-26H,15-24H2,1-14H3,(H,35,38). The molecule has 0 spiro atoms. The van der Waals surface area contributed by atoms with Crippen LogP contribution in [0.1, 0.15) is 148 Å². The summed E-state index contributed by atoms with van der Waals surface area (Å²) in [7, 11) is 0. The van der Waals surface area contributed by atoms with Crippen LogP contribution in [0.25, 0.3) is 0 Å². The predicted molar refractivity (Wildman–Crippen MR) is 168 cm³/mol. The number of hydrogen-bond acceptors (Lipinski definition) is 6. The highest BCUT2D eigenvalue weighted by Gasteiger charge is 2.38. The Morgan fingerprint density at radius 1 is 0.634 bits per heavy atom. The molecule has 1 N–H and O–H groups in total. The molecule has 0 fully saturated rings. The zero-order valence-electron chi connectivity index (χ0n) is 29.2. The van der Waals surface area contributed by atoms with E-state index in [0.717, 1.165) is 51.4 Å². The molecule has 41 heavy (non-hydrogen) atoms. The van der Waals surface area contributed by atoms with Crippen molar-refractivity contribution in [2.45, 2.75) is 160 Å². The lowest BCUT2D eigenvalue weighted by Crippen LogP contribution is -2.50. The third-order valence-corrected chi connectivity index (χ3v) is 7.34. The summed E-state index contributed by atoms with van der Waals surface area (Å²) in [4.78, 5) is 39.2. The quantitative estimate of drug-likeness (QED) is 0.128. The van der Waals surface area contributed by atoms with E-state index >= 15 is 0 Å². The Morgan fingerprint density at radius 2 is 1.02 bits per heavy atom. The summed E-state index contributed by atoms with van der Waals surface area (Å²) in [6, 6.07) is -1.23. The first-order chi connectivity index (χ1) is 18.4. The van der Waals surface area contributed by atoms with Gasteiger partial charge in [0.2, 0.25) is 0 Å². The molecule has 0 aromatic carbocycles. The summed E-state index contributed by atoms with van der Waals surface area (Å²) in [6.07, 6.45) is 7.79. The molecule has 242 valence electrons. The minimum absolute atomic E-state index is 0.106. The minimum Gasteiger partial charge on any atom is -0.465 e. The highest BCUT2D eigenvalue weighted by Crippen LogP contribution is 2.39. The Morgan fingerprint density at radius 3 is 1.39 bits per heavy atom. The lowest BCUT2D eigenvalue weighted by atomic mass is 9.73. The van der Waals surface area contributed by atoms with Gasteiger partial charge in [-0.3, -0.25) is 4.79 Å². The van der Waals surface area contributed by atoms with Crippen LogP contribution in [0.3, 0.4) is 0 Å². The van der Waals surface area contributed by atoms with Crippen molar-refractivity contribution in [3.05, 3.63) is 0 Å². The van der Waals surface area contributed by atoms with Gasteiger partial charge >= 0.3 is 18.0 Å². The monoisotopic (exact) mass is 583 g/mol. The number of esters is 2. The third kappa shape index (κ3) is 17.7. The summed E-state index contributed by atoms with van der Waals surface area (Å²) >= 11 is 0. The smallest absolute Gasteiger partial charge is 0.408 e. The van der Waals surface area contributed by atoms with Crippen LogP contribution in [-0.2, 0) is 23.8 Å². The molecular formula is C34H65NO6. The van der Waals surface area contributed by atoms with Gasteiger partial charge in [-0.15, -0.1) is 0 Å². The average Bonchev–Trinajstić information content (AvgIpc) is 2.79. The molecule has 2 atom stereocenters. The van der Waals surface area contributed by atoms with Crippen LogP contribution in [0.4, 0.5) is 4.79 Å². The van der Waals surface area contributed by atoms with E-state index in [9.17, 15) is 14.4 Å². The van der Waals surface area contributed by atoms with Crippen molar-refractivity contribution in [3.63, 3.8) is 0 Å². The van der Waals surface area contributed by atoms with Crippen LogP contribution in [0.2, 0.25) is 0 Å². The topological polar surface area (TPSA) is 90.9 Å². The first-order valence-corrected chi connectivity index (χ1v) is 15.8. The molecule has 0 bridgehead atoms. The minimum atomic E-state index is -1.23. The number of hydrogen-bond donors (Lipinski definition) is 1. The van der Waals surface area contributed by atoms with Crippen molar-refractivity contribution in [1.29, 1.82) is 0 Å². The predicted octanol–water partition coefficient (Wildman–Crippen LogP) is 8.87. The number of unbranched alkanes of at least 4 members (excludes halogenated alkanes) is 2. The van der Waals surface area contributed by atoms with Crippen LogP contribution in [-0.4, -0.2) is 42.9 Å². The Kier molecular flexibility index (Phi) is 15.5. The van der Waals surface area contributed by atoms with E-state index in [1.807, 2.05) is 0 Å². The van der Waals surface area contributed by atoms with Crippen LogP contribution < -0.4 is 5.32 Å². The van der Waals surface area contributed by atoms with Gasteiger partial charge in [0, 0.05) is 0 Å². The van der Waals surface area contributed by atoms with Gasteiger partial charge in [0.05, 0.1) is 19.1 Å². The first kappa shape index (κ1) is 39.2. The van der Waals surface area contributed by atoms with E-state index < -0.39 is 35.6 Å². The third-order valence-electron chi connectivity index (χ3n) is 7.34. The second-order valence-corrected chi connectivity index (χ2v) is 16.3. The van der Waals surface area contributed by atoms with Crippen molar-refractivity contribution in [2.24, 2.45) is 27.6 Å². The van der Waals surface area contributed by atoms with Crippen molar-refractivity contribution < 1.29 is 28.6 Å². The summed E-state index contributed by atoms with van der Waals surface area (Å²) in [5.74, 6) is -2.18. The second kappa shape index (κ2) is 16.2. The van der Waals surface area contributed by atoms with E-state index in [-0.39, 0.29) is 34.9 Å². The molecule has 0 heterocycles. The molecule has 2 unspecified atom stereocenters. The van der Waals surface area contributed by atoms with Gasteiger partial charge in [-0.1, -0.05) is 94.9 Å². The van der Waals surface area contributed by atoms with Gasteiger partial charge in [-0.2, -0.15) is 0 Å². The van der Waals surface area contributed by atoms with Gasteiger partial charge in [0.25, 0.3) is 0 Å². The Bertz CT molecular complexity index is 822. The highest BCUT2D eigenvalue weighted by molar-refractivity contribution is 5.87. The van der Waals surface area contributed by atoms with E-state index in [1.165, 1.54) is 0 Å². The fraction of sp³-hybridized carbons (Fsp3) is 0.912. The Hall–Kier alpha value is -1.79. The second-order valence-electron chi connectivity index (χ2n) is 16.3. The molecule has 0 aromatic rings. The Balaban J connectivity index is 5.57. The van der Waals surface area contributed by atoms with Crippen molar-refractivity contribution in [3.8, 4) is 0 Å². The van der Waals surface area contributed by atoms with E-state index in [1.54, 1.807) is 27.7 Å². The molecule has 0 saturated carbocycles. The maximum Gasteiger partial charge on any atom is 0.408 e.